The number of rotatable bonds is 14. The van der Waals surface area contributed by atoms with Crippen LogP contribution in [0.5, 0.6) is 0 Å². The first-order valence-corrected chi connectivity index (χ1v) is 9.16. The van der Waals surface area contributed by atoms with E-state index in [-0.39, 0.29) is 25.3 Å². The Hall–Kier alpha value is -3.46. The second-order valence-corrected chi connectivity index (χ2v) is 6.56. The summed E-state index contributed by atoms with van der Waals surface area (Å²) in [5.41, 5.74) is 15.9. The van der Waals surface area contributed by atoms with E-state index < -0.39 is 66.9 Å². The van der Waals surface area contributed by atoms with E-state index >= 15 is 0 Å². The summed E-state index contributed by atoms with van der Waals surface area (Å²) in [6, 6.07) is -4.17. The van der Waals surface area contributed by atoms with E-state index in [1.807, 2.05) is 5.32 Å². The van der Waals surface area contributed by atoms with Crippen molar-refractivity contribution < 1.29 is 39.3 Å². The molecule has 4 unspecified atom stereocenters. The number of guanidine groups is 1. The van der Waals surface area contributed by atoms with Gasteiger partial charge in [0.15, 0.2) is 12.0 Å². The van der Waals surface area contributed by atoms with Gasteiger partial charge in [0.05, 0.1) is 25.1 Å². The van der Waals surface area contributed by atoms with Crippen molar-refractivity contribution in [2.24, 2.45) is 22.2 Å². The lowest BCUT2D eigenvalue weighted by molar-refractivity contribution is -0.144. The Kier molecular flexibility index (Phi) is 12.2. The number of aliphatic hydroxyl groups excluding tert-OH is 1. The molecule has 12 N–H and O–H groups in total. The van der Waals surface area contributed by atoms with Crippen molar-refractivity contribution in [3.05, 3.63) is 0 Å². The molecule has 4 atom stereocenters. The van der Waals surface area contributed by atoms with Gasteiger partial charge in [0.1, 0.15) is 6.04 Å². The normalized spacial score (nSPS) is 14.3. The SMILES string of the molecule is CC(O)C(NC(=O)CNC(=O)C(CCCN=C(N)N)NC(=O)C(N)CC(=O)O)C(=O)O. The zero-order valence-corrected chi connectivity index (χ0v) is 16.9. The number of carbonyl (C=O) groups excluding carboxylic acids is 3. The molecule has 0 aromatic heterocycles. The molecule has 0 heterocycles. The van der Waals surface area contributed by atoms with E-state index in [2.05, 4.69) is 15.6 Å². The van der Waals surface area contributed by atoms with E-state index in [9.17, 15) is 29.1 Å². The molecule has 0 saturated heterocycles. The van der Waals surface area contributed by atoms with Gasteiger partial charge in [-0.2, -0.15) is 0 Å². The topological polar surface area (TPSA) is 273 Å². The summed E-state index contributed by atoms with van der Waals surface area (Å²) in [6.45, 7) is 0.662. The number of nitrogens with one attached hydrogen (secondary N) is 3. The van der Waals surface area contributed by atoms with Gasteiger partial charge >= 0.3 is 11.9 Å². The van der Waals surface area contributed by atoms with Crippen molar-refractivity contribution in [3.8, 4) is 0 Å². The highest BCUT2D eigenvalue weighted by Crippen LogP contribution is 2.01. The van der Waals surface area contributed by atoms with Crippen LogP contribution in [0.15, 0.2) is 4.99 Å². The Labute approximate surface area is 177 Å². The standard InChI is InChI=1S/C16H29N7O8/c1-7(24)12(15(30)31)23-10(25)6-21-14(29)9(3-2-4-20-16(18)19)22-13(28)8(17)5-11(26)27/h7-9,12,24H,2-6,17H2,1H3,(H,21,29)(H,22,28)(H,23,25)(H,26,27)(H,30,31)(H4,18,19,20). The number of hydrogen-bond acceptors (Lipinski definition) is 8. The van der Waals surface area contributed by atoms with Crippen LogP contribution in [0.1, 0.15) is 26.2 Å². The quantitative estimate of drug-likeness (QED) is 0.0693. The van der Waals surface area contributed by atoms with Gasteiger partial charge in [-0.3, -0.25) is 24.2 Å². The first kappa shape index (κ1) is 27.5. The minimum Gasteiger partial charge on any atom is -0.481 e. The Morgan fingerprint density at radius 3 is 2.13 bits per heavy atom. The molecule has 0 aliphatic rings. The highest BCUT2D eigenvalue weighted by Gasteiger charge is 2.27. The van der Waals surface area contributed by atoms with Crippen molar-refractivity contribution in [2.45, 2.75) is 50.4 Å². The molecule has 15 heteroatoms. The van der Waals surface area contributed by atoms with E-state index in [1.54, 1.807) is 0 Å². The monoisotopic (exact) mass is 447 g/mol. The second kappa shape index (κ2) is 13.7. The van der Waals surface area contributed by atoms with Crippen molar-refractivity contribution in [2.75, 3.05) is 13.1 Å². The minimum absolute atomic E-state index is 0.0290. The van der Waals surface area contributed by atoms with Crippen LogP contribution in [-0.2, 0) is 24.0 Å². The Balaban J connectivity index is 4.99. The third-order valence-electron chi connectivity index (χ3n) is 3.80. The largest absolute Gasteiger partial charge is 0.481 e. The van der Waals surface area contributed by atoms with Crippen molar-refractivity contribution in [3.63, 3.8) is 0 Å². The predicted octanol–water partition coefficient (Wildman–Crippen LogP) is -4.61. The highest BCUT2D eigenvalue weighted by atomic mass is 16.4. The number of carboxylic acid groups (broad SMARTS) is 2. The molecular weight excluding hydrogens is 418 g/mol. The predicted molar refractivity (Wildman–Crippen MR) is 106 cm³/mol. The molecular formula is C16H29N7O8. The van der Waals surface area contributed by atoms with Gasteiger partial charge in [-0.05, 0) is 19.8 Å². The van der Waals surface area contributed by atoms with E-state index in [0.717, 1.165) is 0 Å². The Morgan fingerprint density at radius 1 is 1.03 bits per heavy atom. The fourth-order valence-electron chi connectivity index (χ4n) is 2.24. The second-order valence-electron chi connectivity index (χ2n) is 6.56. The molecule has 15 nitrogen and oxygen atoms in total. The van der Waals surface area contributed by atoms with Crippen LogP contribution in [-0.4, -0.2) is 88.3 Å². The average molecular weight is 447 g/mol. The number of aliphatic carboxylic acids is 2. The fourth-order valence-corrected chi connectivity index (χ4v) is 2.24. The van der Waals surface area contributed by atoms with Gasteiger partial charge < -0.3 is 48.5 Å². The number of amides is 3. The highest BCUT2D eigenvalue weighted by molar-refractivity contribution is 5.93. The zero-order chi connectivity index (χ0) is 24.1. The van der Waals surface area contributed by atoms with Crippen LogP contribution < -0.4 is 33.2 Å². The van der Waals surface area contributed by atoms with Gasteiger partial charge in [0.2, 0.25) is 17.7 Å². The van der Waals surface area contributed by atoms with Gasteiger partial charge in [0.25, 0.3) is 0 Å². The number of hydrogen-bond donors (Lipinski definition) is 9. The molecule has 0 saturated carbocycles. The first-order chi connectivity index (χ1) is 14.3. The average Bonchev–Trinajstić information content (AvgIpc) is 2.64. The number of carboxylic acids is 2. The van der Waals surface area contributed by atoms with Gasteiger partial charge in [0, 0.05) is 6.54 Å². The summed E-state index contributed by atoms with van der Waals surface area (Å²) in [5.74, 6) is -5.54. The molecule has 0 aromatic rings. The molecule has 0 radical (unpaired) electrons. The van der Waals surface area contributed by atoms with Crippen LogP contribution >= 0.6 is 0 Å². The molecule has 0 aromatic carbocycles. The molecule has 0 aliphatic carbocycles. The van der Waals surface area contributed by atoms with Crippen molar-refractivity contribution in [1.29, 1.82) is 0 Å². The molecule has 176 valence electrons. The molecule has 0 fully saturated rings. The van der Waals surface area contributed by atoms with Crippen molar-refractivity contribution >= 4 is 35.6 Å². The van der Waals surface area contributed by atoms with Crippen LogP contribution in [0.25, 0.3) is 0 Å². The van der Waals surface area contributed by atoms with Crippen molar-refractivity contribution in [1.82, 2.24) is 16.0 Å². The van der Waals surface area contributed by atoms with Crippen LogP contribution in [0.4, 0.5) is 0 Å². The number of aliphatic imine (C=N–C) groups is 1. The summed E-state index contributed by atoms with van der Waals surface area (Å²) >= 11 is 0. The maximum absolute atomic E-state index is 12.4. The summed E-state index contributed by atoms with van der Waals surface area (Å²) in [4.78, 5) is 61.7. The smallest absolute Gasteiger partial charge is 0.328 e. The van der Waals surface area contributed by atoms with Crippen LogP contribution in [0.3, 0.4) is 0 Å². The van der Waals surface area contributed by atoms with Gasteiger partial charge in [-0.25, -0.2) is 4.79 Å². The maximum atomic E-state index is 12.4. The molecule has 0 spiro atoms. The Morgan fingerprint density at radius 2 is 1.65 bits per heavy atom. The van der Waals surface area contributed by atoms with Gasteiger partial charge in [-0.1, -0.05) is 0 Å². The molecule has 0 rings (SSSR count). The third-order valence-corrected chi connectivity index (χ3v) is 3.80. The molecule has 0 aliphatic heterocycles. The zero-order valence-electron chi connectivity index (χ0n) is 16.9. The van der Waals surface area contributed by atoms with E-state index in [1.165, 1.54) is 6.92 Å². The number of nitrogens with zero attached hydrogens (tertiary/aromatic N) is 1. The number of carbonyl (C=O) groups is 5. The molecule has 3 amide bonds. The summed E-state index contributed by atoms with van der Waals surface area (Å²) in [6.07, 6.45) is -1.76. The van der Waals surface area contributed by atoms with E-state index in [0.29, 0.717) is 0 Å². The maximum Gasteiger partial charge on any atom is 0.328 e. The first-order valence-electron chi connectivity index (χ1n) is 9.16. The van der Waals surface area contributed by atoms with Gasteiger partial charge in [-0.15, -0.1) is 0 Å². The number of aliphatic hydroxyl groups is 1. The molecule has 0 bridgehead atoms. The lowest BCUT2D eigenvalue weighted by atomic mass is 10.1. The lowest BCUT2D eigenvalue weighted by Gasteiger charge is -2.21. The fraction of sp³-hybridized carbons (Fsp3) is 0.625. The lowest BCUT2D eigenvalue weighted by Crippen LogP contribution is -2.54. The Bertz CT molecular complexity index is 693. The summed E-state index contributed by atoms with van der Waals surface area (Å²) in [7, 11) is 0. The minimum atomic E-state index is -1.58. The van der Waals surface area contributed by atoms with Crippen LogP contribution in [0, 0.1) is 0 Å². The summed E-state index contributed by atoms with van der Waals surface area (Å²) in [5, 5.41) is 33.6. The van der Waals surface area contributed by atoms with Crippen LogP contribution in [0.2, 0.25) is 0 Å². The van der Waals surface area contributed by atoms with E-state index in [4.69, 9.17) is 27.4 Å². The molecule has 31 heavy (non-hydrogen) atoms. The summed E-state index contributed by atoms with van der Waals surface area (Å²) < 4.78 is 0. The third kappa shape index (κ3) is 12.0. The number of nitrogens with two attached hydrogens (primary N) is 3.